The molecule has 1 aromatic heterocycles. The van der Waals surface area contributed by atoms with Crippen LogP contribution in [0.25, 0.3) is 0 Å². The Kier molecular flexibility index (Phi) is 5.60. The number of anilines is 2. The summed E-state index contributed by atoms with van der Waals surface area (Å²) < 4.78 is 23.0. The van der Waals surface area contributed by atoms with Crippen LogP contribution in [-0.2, 0) is 25.4 Å². The maximum atomic E-state index is 8.60. The quantitative estimate of drug-likeness (QED) is 0.742. The third-order valence-electron chi connectivity index (χ3n) is 4.11. The molecule has 10 heteroatoms. The number of hydrogen-bond acceptors (Lipinski definition) is 10. The molecule has 0 atom stereocenters. The molecular weight excluding hydrogens is 328 g/mol. The zero-order valence-corrected chi connectivity index (χ0v) is 13.9. The van der Waals surface area contributed by atoms with Gasteiger partial charge in [-0.05, 0) is 0 Å². The maximum Gasteiger partial charge on any atom is 0.225 e. The lowest BCUT2D eigenvalue weighted by molar-refractivity contribution is -0.303. The van der Waals surface area contributed by atoms with Crippen molar-refractivity contribution in [1.29, 1.82) is 5.26 Å². The van der Waals surface area contributed by atoms with E-state index in [9.17, 15) is 0 Å². The van der Waals surface area contributed by atoms with E-state index in [1.807, 2.05) is 0 Å². The number of aromatic nitrogens is 3. The van der Waals surface area contributed by atoms with Crippen LogP contribution in [0, 0.1) is 16.7 Å². The van der Waals surface area contributed by atoms with E-state index in [2.05, 4.69) is 21.0 Å². The Morgan fingerprint density at radius 3 is 1.96 bits per heavy atom. The van der Waals surface area contributed by atoms with Crippen molar-refractivity contribution < 1.29 is 18.9 Å². The molecule has 136 valence electrons. The Morgan fingerprint density at radius 1 is 0.920 bits per heavy atom. The van der Waals surface area contributed by atoms with Crippen LogP contribution in [0.1, 0.15) is 25.1 Å². The van der Waals surface area contributed by atoms with E-state index in [-0.39, 0.29) is 29.9 Å². The molecule has 2 saturated heterocycles. The minimum Gasteiger partial charge on any atom is -0.368 e. The number of hydrogen-bond donors (Lipinski definition) is 2. The average Bonchev–Trinajstić information content (AvgIpc) is 2.60. The van der Waals surface area contributed by atoms with Gasteiger partial charge in [0.15, 0.2) is 12.6 Å². The van der Waals surface area contributed by atoms with Gasteiger partial charge in [0, 0.05) is 25.7 Å². The van der Waals surface area contributed by atoms with Crippen LogP contribution in [0.4, 0.5) is 11.9 Å². The van der Waals surface area contributed by atoms with E-state index in [0.717, 1.165) is 0 Å². The first-order valence-corrected chi connectivity index (χ1v) is 8.18. The SMILES string of the molecule is N#CCCC1OCC2(CO1)COC(CCc1nc(N)nc(N)n1)OC2. The van der Waals surface area contributed by atoms with Crippen LogP contribution in [0.3, 0.4) is 0 Å². The minimum absolute atomic E-state index is 0.106. The van der Waals surface area contributed by atoms with Crippen molar-refractivity contribution in [1.82, 2.24) is 15.0 Å². The number of aryl methyl sites for hydroxylation is 1. The molecule has 10 nitrogen and oxygen atoms in total. The third kappa shape index (κ3) is 4.73. The van der Waals surface area contributed by atoms with Crippen molar-refractivity contribution in [3.8, 4) is 6.07 Å². The van der Waals surface area contributed by atoms with Gasteiger partial charge in [0.05, 0.1) is 37.9 Å². The lowest BCUT2D eigenvalue weighted by Gasteiger charge is -2.43. The summed E-state index contributed by atoms with van der Waals surface area (Å²) in [5.74, 6) is 0.728. The van der Waals surface area contributed by atoms with Crippen molar-refractivity contribution in [2.75, 3.05) is 37.9 Å². The number of nitrogens with zero attached hydrogens (tertiary/aromatic N) is 4. The number of ether oxygens (including phenoxy) is 4. The van der Waals surface area contributed by atoms with Crippen molar-refractivity contribution in [3.05, 3.63) is 5.82 Å². The first-order chi connectivity index (χ1) is 12.1. The van der Waals surface area contributed by atoms with Gasteiger partial charge in [-0.15, -0.1) is 0 Å². The van der Waals surface area contributed by atoms with Crippen LogP contribution in [-0.4, -0.2) is 54.0 Å². The summed E-state index contributed by atoms with van der Waals surface area (Å²) in [7, 11) is 0. The Morgan fingerprint density at radius 2 is 1.44 bits per heavy atom. The van der Waals surface area contributed by atoms with E-state index in [0.29, 0.717) is 57.9 Å². The standard InChI is InChI=1S/C15H22N6O4/c16-5-1-2-11-22-6-15(7-23-11)8-24-12(25-9-15)4-3-10-19-13(17)21-14(18)20-10/h11-12H,1-4,6-9H2,(H4,17,18,19,20,21). The summed E-state index contributed by atoms with van der Waals surface area (Å²) in [5.41, 5.74) is 10.8. The lowest BCUT2D eigenvalue weighted by Crippen LogP contribution is -2.52. The summed E-state index contributed by atoms with van der Waals surface area (Å²) in [4.78, 5) is 11.8. The zero-order chi connectivity index (χ0) is 17.7. The van der Waals surface area contributed by atoms with Crippen LogP contribution in [0.2, 0.25) is 0 Å². The lowest BCUT2D eigenvalue weighted by atomic mass is 9.90. The molecule has 0 unspecified atom stereocenters. The fourth-order valence-electron chi connectivity index (χ4n) is 2.76. The molecule has 3 rings (SSSR count). The van der Waals surface area contributed by atoms with Crippen molar-refractivity contribution in [2.24, 2.45) is 5.41 Å². The largest absolute Gasteiger partial charge is 0.368 e. The van der Waals surface area contributed by atoms with Gasteiger partial charge in [-0.25, -0.2) is 0 Å². The van der Waals surface area contributed by atoms with Crippen molar-refractivity contribution in [2.45, 2.75) is 38.3 Å². The number of nitriles is 1. The highest BCUT2D eigenvalue weighted by molar-refractivity contribution is 5.25. The van der Waals surface area contributed by atoms with Crippen LogP contribution in [0.5, 0.6) is 0 Å². The fraction of sp³-hybridized carbons (Fsp3) is 0.733. The smallest absolute Gasteiger partial charge is 0.225 e. The van der Waals surface area contributed by atoms with Crippen LogP contribution in [0.15, 0.2) is 0 Å². The minimum atomic E-state index is -0.346. The second kappa shape index (κ2) is 7.88. The molecule has 1 aromatic rings. The second-order valence-electron chi connectivity index (χ2n) is 6.31. The summed E-state index contributed by atoms with van der Waals surface area (Å²) in [6, 6.07) is 2.09. The highest BCUT2D eigenvalue weighted by Crippen LogP contribution is 2.31. The Balaban J connectivity index is 1.42. The normalized spacial score (nSPS) is 29.4. The molecule has 2 fully saturated rings. The average molecular weight is 350 g/mol. The summed E-state index contributed by atoms with van der Waals surface area (Å²) in [6.45, 7) is 1.97. The van der Waals surface area contributed by atoms with Gasteiger partial charge in [0.25, 0.3) is 0 Å². The summed E-state index contributed by atoms with van der Waals surface area (Å²) in [6.07, 6.45) is 1.45. The van der Waals surface area contributed by atoms with E-state index >= 15 is 0 Å². The molecule has 0 amide bonds. The Bertz CT molecular complexity index is 599. The molecular formula is C15H22N6O4. The van der Waals surface area contributed by atoms with E-state index in [1.165, 1.54) is 0 Å². The predicted molar refractivity (Wildman–Crippen MR) is 85.6 cm³/mol. The molecule has 0 aliphatic carbocycles. The van der Waals surface area contributed by atoms with Crippen molar-refractivity contribution in [3.63, 3.8) is 0 Å². The third-order valence-corrected chi connectivity index (χ3v) is 4.11. The number of nitrogens with two attached hydrogens (primary N) is 2. The molecule has 2 aliphatic rings. The van der Waals surface area contributed by atoms with Gasteiger partial charge in [-0.3, -0.25) is 0 Å². The first-order valence-electron chi connectivity index (χ1n) is 8.18. The van der Waals surface area contributed by atoms with Gasteiger partial charge in [0.1, 0.15) is 5.82 Å². The zero-order valence-electron chi connectivity index (χ0n) is 13.9. The molecule has 1 spiro atoms. The van der Waals surface area contributed by atoms with E-state index < -0.39 is 0 Å². The van der Waals surface area contributed by atoms with E-state index in [1.54, 1.807) is 0 Å². The van der Waals surface area contributed by atoms with Gasteiger partial charge in [0.2, 0.25) is 11.9 Å². The van der Waals surface area contributed by atoms with E-state index in [4.69, 9.17) is 35.7 Å². The summed E-state index contributed by atoms with van der Waals surface area (Å²) in [5, 5.41) is 8.60. The molecule has 2 aliphatic heterocycles. The predicted octanol–water partition coefficient (Wildman–Crippen LogP) is 0.00458. The van der Waals surface area contributed by atoms with Gasteiger partial charge >= 0.3 is 0 Å². The molecule has 4 N–H and O–H groups in total. The fourth-order valence-corrected chi connectivity index (χ4v) is 2.76. The molecule has 0 saturated carbocycles. The summed E-state index contributed by atoms with van der Waals surface area (Å²) >= 11 is 0. The Labute approximate surface area is 145 Å². The topological polar surface area (TPSA) is 151 Å². The second-order valence-corrected chi connectivity index (χ2v) is 6.31. The molecule has 25 heavy (non-hydrogen) atoms. The molecule has 3 heterocycles. The van der Waals surface area contributed by atoms with Gasteiger partial charge in [-0.2, -0.15) is 20.2 Å². The molecule has 0 aromatic carbocycles. The van der Waals surface area contributed by atoms with Crippen LogP contribution < -0.4 is 11.5 Å². The maximum absolute atomic E-state index is 8.60. The van der Waals surface area contributed by atoms with Gasteiger partial charge < -0.3 is 30.4 Å². The van der Waals surface area contributed by atoms with Crippen LogP contribution >= 0.6 is 0 Å². The highest BCUT2D eigenvalue weighted by atomic mass is 16.7. The van der Waals surface area contributed by atoms with Gasteiger partial charge in [-0.1, -0.05) is 0 Å². The number of nitrogen functional groups attached to an aromatic ring is 2. The Hall–Kier alpha value is -2.06. The van der Waals surface area contributed by atoms with Crippen molar-refractivity contribution >= 4 is 11.9 Å². The number of rotatable bonds is 5. The molecule has 0 radical (unpaired) electrons. The highest BCUT2D eigenvalue weighted by Gasteiger charge is 2.41. The first kappa shape index (κ1) is 17.8. The molecule has 0 bridgehead atoms. The monoisotopic (exact) mass is 350 g/mol.